The van der Waals surface area contributed by atoms with E-state index in [2.05, 4.69) is 0 Å². The van der Waals surface area contributed by atoms with Crippen LogP contribution >= 0.6 is 0 Å². The summed E-state index contributed by atoms with van der Waals surface area (Å²) < 4.78 is 21.4. The summed E-state index contributed by atoms with van der Waals surface area (Å²) in [6.45, 7) is 9.13. The summed E-state index contributed by atoms with van der Waals surface area (Å²) >= 11 is 0. The third-order valence-electron chi connectivity index (χ3n) is 7.04. The van der Waals surface area contributed by atoms with Crippen molar-refractivity contribution in [2.45, 2.75) is 67.2 Å². The molecule has 0 heterocycles. The Morgan fingerprint density at radius 3 is 1.38 bits per heavy atom. The highest BCUT2D eigenvalue weighted by Gasteiger charge is 2.75. The van der Waals surface area contributed by atoms with Crippen LogP contribution in [0.15, 0.2) is 47.1 Å². The summed E-state index contributed by atoms with van der Waals surface area (Å²) in [5.41, 5.74) is -2.99. The molecule has 1 aliphatic rings. The molecule has 0 bridgehead atoms. The highest BCUT2D eigenvalue weighted by Crippen LogP contribution is 2.57. The summed E-state index contributed by atoms with van der Waals surface area (Å²) in [7, 11) is 0. The predicted molar refractivity (Wildman–Crippen MR) is 148 cm³/mol. The molecule has 40 heavy (non-hydrogen) atoms. The number of allylic oxidation sites excluding steroid dienone is 3. The third-order valence-corrected chi connectivity index (χ3v) is 7.04. The second-order valence-corrected chi connectivity index (χ2v) is 9.21. The average Bonchev–Trinajstić information content (AvgIpc) is 2.95. The van der Waals surface area contributed by atoms with Gasteiger partial charge in [-0.2, -0.15) is 0 Å². The fraction of sp³-hybridized carbons (Fsp3) is 0.516. The Hall–Kier alpha value is -3.75. The van der Waals surface area contributed by atoms with E-state index in [1.807, 2.05) is 43.3 Å². The number of ketones is 1. The van der Waals surface area contributed by atoms with Crippen LogP contribution in [0.4, 0.5) is 0 Å². The molecule has 218 valence electrons. The van der Waals surface area contributed by atoms with Crippen LogP contribution < -0.4 is 0 Å². The minimum absolute atomic E-state index is 0.0642. The fourth-order valence-electron chi connectivity index (χ4n) is 5.16. The molecule has 0 aliphatic heterocycles. The van der Waals surface area contributed by atoms with Crippen molar-refractivity contribution in [2.24, 2.45) is 10.8 Å². The van der Waals surface area contributed by atoms with E-state index in [4.69, 9.17) is 18.9 Å². The van der Waals surface area contributed by atoms with E-state index in [1.165, 1.54) is 13.8 Å². The molecule has 0 fully saturated rings. The Morgan fingerprint density at radius 1 is 0.625 bits per heavy atom. The van der Waals surface area contributed by atoms with Crippen molar-refractivity contribution < 1.29 is 42.9 Å². The van der Waals surface area contributed by atoms with Crippen molar-refractivity contribution >= 4 is 35.7 Å². The minimum Gasteiger partial charge on any atom is -0.465 e. The molecule has 0 saturated heterocycles. The first-order valence-corrected chi connectivity index (χ1v) is 13.8. The van der Waals surface area contributed by atoms with Crippen molar-refractivity contribution in [1.82, 2.24) is 0 Å². The van der Waals surface area contributed by atoms with E-state index in [0.717, 1.165) is 5.56 Å². The van der Waals surface area contributed by atoms with Gasteiger partial charge >= 0.3 is 23.9 Å². The van der Waals surface area contributed by atoms with Gasteiger partial charge in [-0.15, -0.1) is 0 Å². The summed E-state index contributed by atoms with van der Waals surface area (Å²) in [4.78, 5) is 69.2. The monoisotopic (exact) mass is 556 g/mol. The smallest absolute Gasteiger partial charge is 0.325 e. The van der Waals surface area contributed by atoms with Crippen LogP contribution in [0.1, 0.15) is 72.8 Å². The summed E-state index contributed by atoms with van der Waals surface area (Å²) in [6, 6.07) is 9.35. The van der Waals surface area contributed by atoms with Gasteiger partial charge in [0.25, 0.3) is 0 Å². The highest BCUT2D eigenvalue weighted by atomic mass is 16.6. The molecule has 1 aliphatic carbocycles. The molecule has 0 atom stereocenters. The molecular weight excluding hydrogens is 516 g/mol. The van der Waals surface area contributed by atoms with Crippen LogP contribution in [0.5, 0.6) is 0 Å². The van der Waals surface area contributed by atoms with Crippen molar-refractivity contribution in [2.75, 3.05) is 26.4 Å². The number of rotatable bonds is 13. The third kappa shape index (κ3) is 6.03. The topological polar surface area (TPSA) is 122 Å². The fourth-order valence-corrected chi connectivity index (χ4v) is 5.16. The van der Waals surface area contributed by atoms with Crippen LogP contribution in [0, 0.1) is 10.8 Å². The Bertz CT molecular complexity index is 1120. The van der Waals surface area contributed by atoms with Crippen LogP contribution in [0.3, 0.4) is 0 Å². The summed E-state index contributed by atoms with van der Waals surface area (Å²) in [5, 5.41) is 0. The lowest BCUT2D eigenvalue weighted by molar-refractivity contribution is -0.204. The van der Waals surface area contributed by atoms with Crippen LogP contribution in [0.2, 0.25) is 0 Å². The molecule has 0 unspecified atom stereocenters. The van der Waals surface area contributed by atoms with Gasteiger partial charge in [-0.3, -0.25) is 24.0 Å². The van der Waals surface area contributed by atoms with E-state index in [-0.39, 0.29) is 44.2 Å². The normalized spacial score (nSPS) is 16.1. The zero-order valence-electron chi connectivity index (χ0n) is 24.3. The maximum atomic E-state index is 14.0. The van der Waals surface area contributed by atoms with Gasteiger partial charge in [-0.25, -0.2) is 0 Å². The Balaban J connectivity index is 3.13. The first-order chi connectivity index (χ1) is 19.1. The average molecular weight is 557 g/mol. The predicted octanol–water partition coefficient (Wildman–Crippen LogP) is 4.77. The zero-order valence-corrected chi connectivity index (χ0v) is 24.3. The molecule has 1 aromatic rings. The molecule has 0 radical (unpaired) electrons. The maximum Gasteiger partial charge on any atom is 0.325 e. The molecule has 0 aromatic heterocycles. The molecule has 9 nitrogen and oxygen atoms in total. The lowest BCUT2D eigenvalue weighted by Crippen LogP contribution is -2.64. The van der Waals surface area contributed by atoms with Gasteiger partial charge in [0.1, 0.15) is 0 Å². The molecule has 0 spiro atoms. The number of hydrogen-bond donors (Lipinski definition) is 0. The second-order valence-electron chi connectivity index (χ2n) is 9.21. The van der Waals surface area contributed by atoms with E-state index in [1.54, 1.807) is 20.8 Å². The maximum absolute atomic E-state index is 14.0. The van der Waals surface area contributed by atoms with Crippen LogP contribution in [-0.4, -0.2) is 56.1 Å². The van der Waals surface area contributed by atoms with Gasteiger partial charge in [0, 0.05) is 24.8 Å². The van der Waals surface area contributed by atoms with Gasteiger partial charge < -0.3 is 18.9 Å². The van der Waals surface area contributed by atoms with Gasteiger partial charge in [0.2, 0.25) is 0 Å². The molecule has 1 aromatic carbocycles. The summed E-state index contributed by atoms with van der Waals surface area (Å²) in [6.07, 6.45) is 1.28. The Morgan fingerprint density at radius 2 is 1.02 bits per heavy atom. The number of esters is 4. The quantitative estimate of drug-likeness (QED) is 0.192. The highest BCUT2D eigenvalue weighted by molar-refractivity contribution is 6.17. The lowest BCUT2D eigenvalue weighted by atomic mass is 9.53. The van der Waals surface area contributed by atoms with E-state index in [0.29, 0.717) is 17.6 Å². The first kappa shape index (κ1) is 32.5. The SMILES string of the molecule is CCOC(=O)C1(C(=O)OCC)CC(C(=O)CC)=C(/C(=C/c2ccccc2)CC)CC1(C(=O)OCC)C(=O)OCC. The van der Waals surface area contributed by atoms with E-state index < -0.39 is 47.5 Å². The van der Waals surface area contributed by atoms with Gasteiger partial charge in [0.15, 0.2) is 16.6 Å². The summed E-state index contributed by atoms with van der Waals surface area (Å²) in [5.74, 6) is -4.88. The molecule has 0 N–H and O–H groups in total. The Kier molecular flexibility index (Phi) is 11.8. The van der Waals surface area contributed by atoms with Crippen molar-refractivity contribution in [3.8, 4) is 0 Å². The van der Waals surface area contributed by atoms with Gasteiger partial charge in [-0.1, -0.05) is 50.3 Å². The van der Waals surface area contributed by atoms with Crippen molar-refractivity contribution in [1.29, 1.82) is 0 Å². The van der Waals surface area contributed by atoms with Gasteiger partial charge in [-0.05, 0) is 50.8 Å². The number of Topliss-reactive ketones (excluding diaryl/α,β-unsaturated/α-hetero) is 1. The second kappa shape index (κ2) is 14.6. The van der Waals surface area contributed by atoms with Gasteiger partial charge in [0.05, 0.1) is 26.4 Å². The first-order valence-electron chi connectivity index (χ1n) is 13.8. The zero-order chi connectivity index (χ0) is 29.9. The van der Waals surface area contributed by atoms with E-state index >= 15 is 0 Å². The largest absolute Gasteiger partial charge is 0.465 e. The molecular formula is C31H40O9. The van der Waals surface area contributed by atoms with Crippen LogP contribution in [0.25, 0.3) is 6.08 Å². The lowest BCUT2D eigenvalue weighted by Gasteiger charge is -2.46. The molecule has 9 heteroatoms. The standard InChI is InChI=1S/C31H40O9/c1-7-22(18-21-16-14-13-15-17-21)23-19-30(26(33)37-9-3,27(34)38-10-4)31(28(35)39-11-5,29(36)40-12-6)20-24(23)25(32)8-2/h13-18H,7-12,19-20H2,1-6H3/b22-18+. The van der Waals surface area contributed by atoms with Crippen LogP contribution in [-0.2, 0) is 42.9 Å². The Labute approximate surface area is 235 Å². The van der Waals surface area contributed by atoms with E-state index in [9.17, 15) is 24.0 Å². The number of carbonyl (C=O) groups excluding carboxylic acids is 5. The number of hydrogen-bond acceptors (Lipinski definition) is 9. The molecule has 2 rings (SSSR count). The number of benzene rings is 1. The molecule has 0 saturated carbocycles. The number of carbonyl (C=O) groups is 5. The van der Waals surface area contributed by atoms with Crippen molar-refractivity contribution in [3.63, 3.8) is 0 Å². The van der Waals surface area contributed by atoms with Crippen molar-refractivity contribution in [3.05, 3.63) is 52.6 Å². The minimum atomic E-state index is -2.55. The molecule has 0 amide bonds. The number of ether oxygens (including phenoxy) is 4.